The van der Waals surface area contributed by atoms with E-state index in [1.165, 1.54) is 30.3 Å². The van der Waals surface area contributed by atoms with Crippen molar-refractivity contribution in [3.63, 3.8) is 0 Å². The Kier molecular flexibility index (Phi) is 3.32. The normalized spacial score (nSPS) is 15.8. The molecule has 0 fully saturated rings. The third-order valence-electron chi connectivity index (χ3n) is 2.48. The maximum absolute atomic E-state index is 12.1. The highest BCUT2D eigenvalue weighted by Gasteiger charge is 2.50. The first kappa shape index (κ1) is 13.7. The molecular formula is C10H11NO4S2. The van der Waals surface area contributed by atoms with E-state index in [1.54, 1.807) is 6.07 Å². The molecule has 17 heavy (non-hydrogen) atoms. The second kappa shape index (κ2) is 4.13. The Bertz CT molecular complexity index is 656. The molecule has 0 N–H and O–H groups in total. The van der Waals surface area contributed by atoms with Crippen LogP contribution >= 0.6 is 0 Å². The minimum absolute atomic E-state index is 0.186. The van der Waals surface area contributed by atoms with Crippen LogP contribution in [0.1, 0.15) is 6.92 Å². The van der Waals surface area contributed by atoms with Crippen molar-refractivity contribution < 1.29 is 16.8 Å². The van der Waals surface area contributed by atoms with Crippen LogP contribution in [0.15, 0.2) is 35.2 Å². The molecule has 92 valence electrons. The Hall–Kier alpha value is -1.39. The number of benzene rings is 1. The molecule has 1 aromatic carbocycles. The number of nitriles is 1. The van der Waals surface area contributed by atoms with Gasteiger partial charge in [-0.1, -0.05) is 18.2 Å². The van der Waals surface area contributed by atoms with Crippen molar-refractivity contribution in [3.8, 4) is 6.07 Å². The van der Waals surface area contributed by atoms with E-state index in [1.807, 2.05) is 0 Å². The van der Waals surface area contributed by atoms with Crippen LogP contribution in [0.5, 0.6) is 0 Å². The van der Waals surface area contributed by atoms with Crippen molar-refractivity contribution in [1.29, 1.82) is 5.26 Å². The lowest BCUT2D eigenvalue weighted by atomic mass is 10.4. The van der Waals surface area contributed by atoms with Crippen LogP contribution in [0.25, 0.3) is 0 Å². The van der Waals surface area contributed by atoms with Gasteiger partial charge < -0.3 is 0 Å². The fourth-order valence-electron chi connectivity index (χ4n) is 1.17. The van der Waals surface area contributed by atoms with Crippen molar-refractivity contribution in [2.24, 2.45) is 0 Å². The SMILES string of the molecule is CC(C#N)(S(C)(=O)=O)S(=O)(=O)c1ccccc1. The summed E-state index contributed by atoms with van der Waals surface area (Å²) in [4.78, 5) is -0.186. The number of sulfone groups is 2. The molecule has 1 aromatic rings. The van der Waals surface area contributed by atoms with E-state index in [4.69, 9.17) is 5.26 Å². The zero-order valence-corrected chi connectivity index (χ0v) is 10.9. The maximum Gasteiger partial charge on any atom is 0.259 e. The molecule has 5 nitrogen and oxygen atoms in total. The number of hydrogen-bond acceptors (Lipinski definition) is 5. The van der Waals surface area contributed by atoms with Gasteiger partial charge in [-0.05, 0) is 19.1 Å². The van der Waals surface area contributed by atoms with Crippen molar-refractivity contribution in [2.75, 3.05) is 6.26 Å². The van der Waals surface area contributed by atoms with E-state index in [9.17, 15) is 16.8 Å². The first-order valence-corrected chi connectivity index (χ1v) is 7.95. The molecule has 1 rings (SSSR count). The first-order chi connectivity index (χ1) is 7.67. The van der Waals surface area contributed by atoms with Crippen LogP contribution in [0.3, 0.4) is 0 Å². The van der Waals surface area contributed by atoms with Gasteiger partial charge in [0.1, 0.15) is 6.07 Å². The monoisotopic (exact) mass is 273 g/mol. The molecule has 0 aliphatic heterocycles. The Morgan fingerprint density at radius 2 is 1.59 bits per heavy atom. The topological polar surface area (TPSA) is 92.1 Å². The molecule has 0 aliphatic rings. The molecule has 0 spiro atoms. The van der Waals surface area contributed by atoms with Crippen LogP contribution in [0.4, 0.5) is 0 Å². The van der Waals surface area contributed by atoms with Gasteiger partial charge in [-0.2, -0.15) is 5.26 Å². The van der Waals surface area contributed by atoms with Crippen LogP contribution in [-0.4, -0.2) is 27.2 Å². The van der Waals surface area contributed by atoms with Gasteiger partial charge in [0.05, 0.1) is 4.90 Å². The number of nitrogens with zero attached hydrogens (tertiary/aromatic N) is 1. The number of hydrogen-bond donors (Lipinski definition) is 0. The molecule has 0 saturated carbocycles. The van der Waals surface area contributed by atoms with E-state index >= 15 is 0 Å². The smallest absolute Gasteiger partial charge is 0.226 e. The Labute approximate surface area is 101 Å². The molecule has 0 heterocycles. The Balaban J connectivity index is 3.60. The van der Waals surface area contributed by atoms with E-state index in [2.05, 4.69) is 0 Å². The van der Waals surface area contributed by atoms with Gasteiger partial charge in [0.2, 0.25) is 9.84 Å². The van der Waals surface area contributed by atoms with E-state index < -0.39 is 23.8 Å². The molecule has 1 unspecified atom stereocenters. The quantitative estimate of drug-likeness (QED) is 0.810. The van der Waals surface area contributed by atoms with Gasteiger partial charge in [0.25, 0.3) is 4.08 Å². The fraction of sp³-hybridized carbons (Fsp3) is 0.300. The van der Waals surface area contributed by atoms with Gasteiger partial charge in [-0.15, -0.1) is 0 Å². The lowest BCUT2D eigenvalue weighted by Gasteiger charge is -2.19. The van der Waals surface area contributed by atoms with Crippen molar-refractivity contribution in [1.82, 2.24) is 0 Å². The van der Waals surface area contributed by atoms with Crippen LogP contribution in [0.2, 0.25) is 0 Å². The molecule has 0 bridgehead atoms. The van der Waals surface area contributed by atoms with E-state index in [0.717, 1.165) is 13.2 Å². The lowest BCUT2D eigenvalue weighted by molar-refractivity contribution is 0.569. The second-order valence-electron chi connectivity index (χ2n) is 3.65. The van der Waals surface area contributed by atoms with Crippen molar-refractivity contribution in [2.45, 2.75) is 15.9 Å². The third-order valence-corrected chi connectivity index (χ3v) is 7.56. The fourth-order valence-corrected chi connectivity index (χ4v) is 4.30. The summed E-state index contributed by atoms with van der Waals surface area (Å²) < 4.78 is 44.8. The van der Waals surface area contributed by atoms with Gasteiger partial charge in [0, 0.05) is 6.26 Å². The molecule has 0 saturated heterocycles. The standard InChI is InChI=1S/C10H11NO4S2/c1-10(8-11,16(2,12)13)17(14,15)9-6-4-3-5-7-9/h3-7H,1-2H3. The zero-order valence-electron chi connectivity index (χ0n) is 9.28. The lowest BCUT2D eigenvalue weighted by Crippen LogP contribution is -2.41. The largest absolute Gasteiger partial charge is 0.259 e. The summed E-state index contributed by atoms with van der Waals surface area (Å²) in [6.07, 6.45) is 0.733. The zero-order chi connectivity index (χ0) is 13.3. The second-order valence-corrected chi connectivity index (χ2v) is 8.56. The molecule has 7 heteroatoms. The maximum atomic E-state index is 12.1. The Morgan fingerprint density at radius 1 is 1.12 bits per heavy atom. The van der Waals surface area contributed by atoms with Gasteiger partial charge >= 0.3 is 0 Å². The molecule has 1 atom stereocenters. The average molecular weight is 273 g/mol. The average Bonchev–Trinajstić information content (AvgIpc) is 2.27. The highest BCUT2D eigenvalue weighted by atomic mass is 32.3. The van der Waals surface area contributed by atoms with Crippen LogP contribution < -0.4 is 0 Å². The van der Waals surface area contributed by atoms with E-state index in [0.29, 0.717) is 0 Å². The first-order valence-electron chi connectivity index (χ1n) is 4.57. The molecule has 0 radical (unpaired) electrons. The molecular weight excluding hydrogens is 262 g/mol. The Morgan fingerprint density at radius 3 is 1.94 bits per heavy atom. The summed E-state index contributed by atoms with van der Waals surface area (Å²) in [7, 11) is -8.33. The predicted octanol–water partition coefficient (Wildman–Crippen LogP) is 0.745. The minimum Gasteiger partial charge on any atom is -0.226 e. The van der Waals surface area contributed by atoms with Crippen LogP contribution in [0, 0.1) is 11.3 Å². The summed E-state index contributed by atoms with van der Waals surface area (Å²) >= 11 is 0. The highest BCUT2D eigenvalue weighted by Crippen LogP contribution is 2.29. The summed E-state index contributed by atoms with van der Waals surface area (Å²) in [6, 6.07) is 8.43. The summed E-state index contributed by atoms with van der Waals surface area (Å²) in [5.74, 6) is 0. The van der Waals surface area contributed by atoms with Gasteiger partial charge in [0.15, 0.2) is 9.84 Å². The summed E-state index contributed by atoms with van der Waals surface area (Å²) in [5, 5.41) is 8.91. The van der Waals surface area contributed by atoms with Crippen molar-refractivity contribution in [3.05, 3.63) is 30.3 Å². The van der Waals surface area contributed by atoms with Crippen molar-refractivity contribution >= 4 is 19.7 Å². The number of rotatable bonds is 3. The minimum atomic E-state index is -4.26. The summed E-state index contributed by atoms with van der Waals surface area (Å²) in [6.45, 7) is 0.894. The van der Waals surface area contributed by atoms with E-state index in [-0.39, 0.29) is 4.90 Å². The summed E-state index contributed by atoms with van der Waals surface area (Å²) in [5.41, 5.74) is 0. The molecule has 0 aromatic heterocycles. The van der Waals surface area contributed by atoms with Crippen LogP contribution in [-0.2, 0) is 19.7 Å². The molecule has 0 aliphatic carbocycles. The highest BCUT2D eigenvalue weighted by molar-refractivity contribution is 8.10. The van der Waals surface area contributed by atoms with Gasteiger partial charge in [-0.25, -0.2) is 16.8 Å². The molecule has 0 amide bonds. The van der Waals surface area contributed by atoms with Gasteiger partial charge in [-0.3, -0.25) is 0 Å². The predicted molar refractivity (Wildman–Crippen MR) is 62.5 cm³/mol. The third kappa shape index (κ3) is 2.06.